The number of halogens is 4. The molecule has 1 saturated heterocycles. The number of aliphatic hydroxyl groups excluding tert-OH is 1. The summed E-state index contributed by atoms with van der Waals surface area (Å²) < 4.78 is 55.2. The summed E-state index contributed by atoms with van der Waals surface area (Å²) in [5, 5.41) is 18.1. The van der Waals surface area contributed by atoms with Crippen LogP contribution >= 0.6 is 0 Å². The van der Waals surface area contributed by atoms with Crippen LogP contribution in [-0.2, 0) is 4.79 Å². The lowest BCUT2D eigenvalue weighted by Gasteiger charge is -2.37. The van der Waals surface area contributed by atoms with Gasteiger partial charge in [-0.2, -0.15) is 5.10 Å². The van der Waals surface area contributed by atoms with Crippen LogP contribution in [0.1, 0.15) is 50.3 Å². The van der Waals surface area contributed by atoms with E-state index in [1.54, 1.807) is 11.1 Å². The molecule has 3 aliphatic heterocycles. The lowest BCUT2D eigenvalue weighted by Crippen LogP contribution is -2.48. The molecule has 0 aliphatic carbocycles. The smallest absolute Gasteiger partial charge is 0.266 e. The molecule has 1 amide bonds. The number of amides is 1. The van der Waals surface area contributed by atoms with E-state index in [1.165, 1.54) is 19.1 Å². The minimum Gasteiger partial charge on any atom is -0.393 e. The Morgan fingerprint density at radius 3 is 2.62 bits per heavy atom. The number of fused-ring (bicyclic) bond motifs is 1. The molecule has 34 heavy (non-hydrogen) atoms. The summed E-state index contributed by atoms with van der Waals surface area (Å²) in [6.45, 7) is 3.95. The Hall–Kier alpha value is -2.95. The van der Waals surface area contributed by atoms with Crippen molar-refractivity contribution in [1.82, 2.24) is 15.2 Å². The molecule has 0 aromatic heterocycles. The van der Waals surface area contributed by atoms with Crippen LogP contribution in [-0.4, -0.2) is 70.5 Å². The van der Waals surface area contributed by atoms with E-state index in [2.05, 4.69) is 15.4 Å². The molecule has 3 aliphatic rings. The van der Waals surface area contributed by atoms with E-state index < -0.39 is 42.0 Å². The number of amidine groups is 2. The van der Waals surface area contributed by atoms with Crippen LogP contribution in [0.3, 0.4) is 0 Å². The van der Waals surface area contributed by atoms with Crippen molar-refractivity contribution >= 4 is 17.6 Å². The van der Waals surface area contributed by atoms with Gasteiger partial charge in [-0.1, -0.05) is 18.2 Å². The van der Waals surface area contributed by atoms with Gasteiger partial charge in [0.1, 0.15) is 17.3 Å². The summed E-state index contributed by atoms with van der Waals surface area (Å²) in [6, 6.07) is 2.70. The van der Waals surface area contributed by atoms with Crippen molar-refractivity contribution in [2.45, 2.75) is 50.9 Å². The quantitative estimate of drug-likeness (QED) is 0.634. The topological polar surface area (TPSA) is 80.5 Å². The van der Waals surface area contributed by atoms with Crippen molar-refractivity contribution in [2.24, 2.45) is 10.1 Å². The normalized spacial score (nSPS) is 22.7. The number of hydrazone groups is 1. The lowest BCUT2D eigenvalue weighted by atomic mass is 9.94. The number of likely N-dealkylation sites (tertiary alicyclic amines) is 1. The fraction of sp³-hybridized carbons (Fsp3) is 0.522. The van der Waals surface area contributed by atoms with E-state index in [0.29, 0.717) is 31.3 Å². The van der Waals surface area contributed by atoms with Gasteiger partial charge in [0.2, 0.25) is 0 Å². The van der Waals surface area contributed by atoms with E-state index in [9.17, 15) is 27.5 Å². The van der Waals surface area contributed by atoms with Gasteiger partial charge in [0, 0.05) is 31.5 Å². The first kappa shape index (κ1) is 24.2. The number of hydrogen-bond donors (Lipinski definition) is 2. The average molecular weight is 481 g/mol. The molecular weight excluding hydrogens is 454 g/mol. The number of alkyl halides is 3. The van der Waals surface area contributed by atoms with Gasteiger partial charge in [0.25, 0.3) is 12.3 Å². The fourth-order valence-electron chi connectivity index (χ4n) is 4.34. The Morgan fingerprint density at radius 1 is 1.29 bits per heavy atom. The molecule has 4 rings (SSSR count). The van der Waals surface area contributed by atoms with Crippen LogP contribution < -0.4 is 5.32 Å². The molecule has 11 heteroatoms. The molecule has 0 bridgehead atoms. The Labute approximate surface area is 194 Å². The second-order valence-electron chi connectivity index (χ2n) is 8.94. The van der Waals surface area contributed by atoms with Gasteiger partial charge in [-0.3, -0.25) is 9.79 Å². The van der Waals surface area contributed by atoms with Gasteiger partial charge in [0.05, 0.1) is 36.4 Å². The second kappa shape index (κ2) is 9.36. The molecule has 2 N–H and O–H groups in total. The Kier molecular flexibility index (Phi) is 6.66. The summed E-state index contributed by atoms with van der Waals surface area (Å²) in [5.74, 6) is -0.760. The minimum absolute atomic E-state index is 0.0469. The van der Waals surface area contributed by atoms with Crippen molar-refractivity contribution in [3.8, 4) is 0 Å². The standard InChI is InChI=1S/C23H27F4N5O2/c1-13-11-32-21(28-13)17(10-18(30-32)31-8-6-23(27,12-33)7-9-31)22(34)29-14(2)15-4-3-5-16(19(15)24)20(25)26/h3-5,10,13-14,20,33H,6-9,11-12H2,1-2H3,(H,29,34)/t13-,14-/m1/s1. The first-order valence-electron chi connectivity index (χ1n) is 11.2. The number of benzene rings is 1. The van der Waals surface area contributed by atoms with Gasteiger partial charge in [-0.05, 0) is 19.9 Å². The zero-order valence-corrected chi connectivity index (χ0v) is 18.9. The molecule has 0 spiro atoms. The summed E-state index contributed by atoms with van der Waals surface area (Å²) in [4.78, 5) is 19.5. The van der Waals surface area contributed by atoms with E-state index in [-0.39, 0.29) is 30.0 Å². The molecule has 1 fully saturated rings. The van der Waals surface area contributed by atoms with Gasteiger partial charge in [-0.15, -0.1) is 0 Å². The first-order valence-corrected chi connectivity index (χ1v) is 11.2. The fourth-order valence-corrected chi connectivity index (χ4v) is 4.34. The van der Waals surface area contributed by atoms with Crippen LogP contribution in [0.2, 0.25) is 0 Å². The predicted molar refractivity (Wildman–Crippen MR) is 119 cm³/mol. The molecule has 3 heterocycles. The molecule has 2 atom stereocenters. The van der Waals surface area contributed by atoms with E-state index in [0.717, 1.165) is 6.07 Å². The first-order chi connectivity index (χ1) is 16.1. The summed E-state index contributed by atoms with van der Waals surface area (Å²) in [6.07, 6.45) is -1.15. The maximum absolute atomic E-state index is 14.6. The van der Waals surface area contributed by atoms with Crippen LogP contribution in [0.15, 0.2) is 39.9 Å². The number of carbonyl (C=O) groups excluding carboxylic acids is 1. The number of piperidine rings is 1. The highest BCUT2D eigenvalue weighted by molar-refractivity contribution is 6.25. The molecule has 0 saturated carbocycles. The Morgan fingerprint density at radius 2 is 1.97 bits per heavy atom. The molecule has 7 nitrogen and oxygen atoms in total. The molecule has 1 aromatic rings. The molecule has 0 unspecified atom stereocenters. The number of carbonyl (C=O) groups is 1. The number of hydrogen-bond acceptors (Lipinski definition) is 6. The van der Waals surface area contributed by atoms with Gasteiger partial charge in [0.15, 0.2) is 5.84 Å². The number of aliphatic imine (C=N–C) groups is 1. The maximum atomic E-state index is 14.6. The number of rotatable bonds is 5. The van der Waals surface area contributed by atoms with Gasteiger partial charge in [-0.25, -0.2) is 22.6 Å². The zero-order chi connectivity index (χ0) is 24.6. The highest BCUT2D eigenvalue weighted by Gasteiger charge is 2.38. The average Bonchev–Trinajstić information content (AvgIpc) is 3.18. The largest absolute Gasteiger partial charge is 0.393 e. The second-order valence-corrected chi connectivity index (χ2v) is 8.94. The molecule has 184 valence electrons. The monoisotopic (exact) mass is 481 g/mol. The Balaban J connectivity index is 1.56. The van der Waals surface area contributed by atoms with Crippen LogP contribution in [0.5, 0.6) is 0 Å². The minimum atomic E-state index is -2.97. The van der Waals surface area contributed by atoms with Crippen molar-refractivity contribution < 1.29 is 27.5 Å². The van der Waals surface area contributed by atoms with Gasteiger partial charge >= 0.3 is 0 Å². The molecule has 1 aromatic carbocycles. The Bertz CT molecular complexity index is 1050. The molecular formula is C23H27F4N5O2. The predicted octanol–water partition coefficient (Wildman–Crippen LogP) is 3.09. The van der Waals surface area contributed by atoms with Crippen LogP contribution in [0, 0.1) is 5.82 Å². The SMILES string of the molecule is C[C@@H]1CN2N=C(N3CCC(F)(CO)CC3)C=C(C(=O)N[C@H](C)c3cccc(C(F)F)c3F)C2=N1. The van der Waals surface area contributed by atoms with E-state index in [4.69, 9.17) is 0 Å². The van der Waals surface area contributed by atoms with Crippen molar-refractivity contribution in [1.29, 1.82) is 0 Å². The van der Waals surface area contributed by atoms with Crippen LogP contribution in [0.25, 0.3) is 0 Å². The van der Waals surface area contributed by atoms with Crippen molar-refractivity contribution in [3.63, 3.8) is 0 Å². The van der Waals surface area contributed by atoms with E-state index >= 15 is 0 Å². The highest BCUT2D eigenvalue weighted by atomic mass is 19.3. The van der Waals surface area contributed by atoms with Crippen LogP contribution in [0.4, 0.5) is 17.6 Å². The third kappa shape index (κ3) is 4.66. The highest BCUT2D eigenvalue weighted by Crippen LogP contribution is 2.30. The van der Waals surface area contributed by atoms with Gasteiger partial charge < -0.3 is 15.3 Å². The summed E-state index contributed by atoms with van der Waals surface area (Å²) in [5.41, 5.74) is -2.18. The summed E-state index contributed by atoms with van der Waals surface area (Å²) >= 11 is 0. The third-order valence-electron chi connectivity index (χ3n) is 6.38. The molecule has 0 radical (unpaired) electrons. The number of aliphatic hydroxyl groups is 1. The lowest BCUT2D eigenvalue weighted by molar-refractivity contribution is -0.117. The number of nitrogens with one attached hydrogen (secondary N) is 1. The summed E-state index contributed by atoms with van der Waals surface area (Å²) in [7, 11) is 0. The maximum Gasteiger partial charge on any atom is 0.266 e. The van der Waals surface area contributed by atoms with E-state index in [1.807, 2.05) is 11.8 Å². The third-order valence-corrected chi connectivity index (χ3v) is 6.38. The van der Waals surface area contributed by atoms with Crippen molar-refractivity contribution in [2.75, 3.05) is 26.2 Å². The van der Waals surface area contributed by atoms with Crippen molar-refractivity contribution in [3.05, 3.63) is 46.8 Å². The zero-order valence-electron chi connectivity index (χ0n) is 18.9. The number of nitrogens with zero attached hydrogens (tertiary/aromatic N) is 4.